The average Bonchev–Trinajstić information content (AvgIpc) is 2.49. The molecule has 1 aromatic rings. The third kappa shape index (κ3) is 1.35. The van der Waals surface area contributed by atoms with E-state index in [2.05, 4.69) is 9.99 Å². The second-order valence-corrected chi connectivity index (χ2v) is 2.65. The lowest BCUT2D eigenvalue weighted by molar-refractivity contribution is 0.211. The second kappa shape index (κ2) is 3.05. The Bertz CT molecular complexity index is 363. The SMILES string of the molecule is CO/N=C1/COc2ccc(F)cc21. The number of halogens is 1. The molecule has 0 bridgehead atoms. The van der Waals surface area contributed by atoms with Crippen LogP contribution in [0.5, 0.6) is 5.75 Å². The summed E-state index contributed by atoms with van der Waals surface area (Å²) in [5.74, 6) is 0.352. The summed E-state index contributed by atoms with van der Waals surface area (Å²) in [5, 5.41) is 3.73. The van der Waals surface area contributed by atoms with Gasteiger partial charge in [0.05, 0.1) is 0 Å². The molecule has 1 heterocycles. The molecule has 0 radical (unpaired) electrons. The molecular weight excluding hydrogens is 173 g/mol. The minimum atomic E-state index is -0.298. The fourth-order valence-electron chi connectivity index (χ4n) is 1.26. The van der Waals surface area contributed by atoms with Crippen molar-refractivity contribution in [3.05, 3.63) is 29.6 Å². The van der Waals surface area contributed by atoms with E-state index in [4.69, 9.17) is 4.74 Å². The topological polar surface area (TPSA) is 30.8 Å². The molecule has 1 aliphatic rings. The standard InChI is InChI=1S/C9H8FNO2/c1-12-11-8-5-13-9-3-2-6(10)4-7(8)9/h2-4H,5H2,1H3/b11-8-. The lowest BCUT2D eigenvalue weighted by Crippen LogP contribution is -2.02. The number of benzene rings is 1. The molecule has 0 unspecified atom stereocenters. The average molecular weight is 181 g/mol. The van der Waals surface area contributed by atoms with Crippen LogP contribution in [0.1, 0.15) is 5.56 Å². The zero-order valence-electron chi connectivity index (χ0n) is 7.08. The van der Waals surface area contributed by atoms with Crippen LogP contribution in [0.2, 0.25) is 0 Å². The molecule has 0 spiro atoms. The van der Waals surface area contributed by atoms with Crippen molar-refractivity contribution in [1.29, 1.82) is 0 Å². The first-order valence-corrected chi connectivity index (χ1v) is 3.84. The van der Waals surface area contributed by atoms with E-state index >= 15 is 0 Å². The van der Waals surface area contributed by atoms with Gasteiger partial charge in [0, 0.05) is 5.56 Å². The molecular formula is C9H8FNO2. The Labute approximate surface area is 74.8 Å². The Kier molecular flexibility index (Phi) is 1.88. The van der Waals surface area contributed by atoms with Crippen LogP contribution in [0, 0.1) is 5.82 Å². The van der Waals surface area contributed by atoms with Crippen molar-refractivity contribution < 1.29 is 14.0 Å². The van der Waals surface area contributed by atoms with E-state index in [0.29, 0.717) is 23.6 Å². The molecule has 0 aromatic heterocycles. The molecule has 1 aliphatic heterocycles. The van der Waals surface area contributed by atoms with Gasteiger partial charge in [-0.15, -0.1) is 0 Å². The monoisotopic (exact) mass is 181 g/mol. The molecule has 0 aliphatic carbocycles. The fraction of sp³-hybridized carbons (Fsp3) is 0.222. The van der Waals surface area contributed by atoms with Crippen molar-refractivity contribution in [1.82, 2.24) is 0 Å². The summed E-state index contributed by atoms with van der Waals surface area (Å²) < 4.78 is 18.1. The van der Waals surface area contributed by atoms with Gasteiger partial charge in [0.15, 0.2) is 0 Å². The number of nitrogens with zero attached hydrogens (tertiary/aromatic N) is 1. The summed E-state index contributed by atoms with van der Waals surface area (Å²) in [4.78, 5) is 4.61. The van der Waals surface area contributed by atoms with Gasteiger partial charge in [0.2, 0.25) is 0 Å². The maximum Gasteiger partial charge on any atom is 0.134 e. The quantitative estimate of drug-likeness (QED) is 0.615. The fourth-order valence-corrected chi connectivity index (χ4v) is 1.26. The molecule has 0 saturated carbocycles. The smallest absolute Gasteiger partial charge is 0.134 e. The maximum absolute atomic E-state index is 12.8. The van der Waals surface area contributed by atoms with Gasteiger partial charge in [0.25, 0.3) is 0 Å². The molecule has 0 amide bonds. The van der Waals surface area contributed by atoms with Crippen LogP contribution in [-0.4, -0.2) is 19.4 Å². The van der Waals surface area contributed by atoms with E-state index in [1.807, 2.05) is 0 Å². The largest absolute Gasteiger partial charge is 0.486 e. The lowest BCUT2D eigenvalue weighted by Gasteiger charge is -1.95. The number of fused-ring (bicyclic) bond motifs is 1. The zero-order valence-corrected chi connectivity index (χ0v) is 7.08. The van der Waals surface area contributed by atoms with Crippen molar-refractivity contribution in [2.24, 2.45) is 5.16 Å². The lowest BCUT2D eigenvalue weighted by atomic mass is 10.1. The highest BCUT2D eigenvalue weighted by atomic mass is 19.1. The molecule has 0 fully saturated rings. The number of oxime groups is 1. The Balaban J connectivity index is 2.46. The molecule has 1 aromatic carbocycles. The van der Waals surface area contributed by atoms with Crippen molar-refractivity contribution in [3.63, 3.8) is 0 Å². The van der Waals surface area contributed by atoms with Crippen LogP contribution in [0.15, 0.2) is 23.4 Å². The van der Waals surface area contributed by atoms with Gasteiger partial charge in [-0.3, -0.25) is 0 Å². The van der Waals surface area contributed by atoms with Gasteiger partial charge in [-0.05, 0) is 18.2 Å². The minimum Gasteiger partial charge on any atom is -0.486 e. The summed E-state index contributed by atoms with van der Waals surface area (Å²) in [5.41, 5.74) is 1.29. The van der Waals surface area contributed by atoms with Crippen LogP contribution in [-0.2, 0) is 4.84 Å². The van der Waals surface area contributed by atoms with Crippen LogP contribution in [0.3, 0.4) is 0 Å². The maximum atomic E-state index is 12.8. The Morgan fingerprint density at radius 1 is 1.54 bits per heavy atom. The Morgan fingerprint density at radius 3 is 3.15 bits per heavy atom. The summed E-state index contributed by atoms with van der Waals surface area (Å²) in [7, 11) is 1.45. The molecule has 0 atom stereocenters. The Morgan fingerprint density at radius 2 is 2.38 bits per heavy atom. The normalized spacial score (nSPS) is 16.9. The van der Waals surface area contributed by atoms with Gasteiger partial charge in [-0.25, -0.2) is 4.39 Å². The van der Waals surface area contributed by atoms with E-state index in [9.17, 15) is 4.39 Å². The summed E-state index contributed by atoms with van der Waals surface area (Å²) in [6, 6.07) is 4.33. The van der Waals surface area contributed by atoms with Crippen molar-refractivity contribution in [3.8, 4) is 5.75 Å². The number of hydrogen-bond donors (Lipinski definition) is 0. The predicted molar refractivity (Wildman–Crippen MR) is 45.4 cm³/mol. The summed E-state index contributed by atoms with van der Waals surface area (Å²) >= 11 is 0. The van der Waals surface area contributed by atoms with Gasteiger partial charge in [-0.2, -0.15) is 0 Å². The van der Waals surface area contributed by atoms with E-state index < -0.39 is 0 Å². The first kappa shape index (κ1) is 8.04. The first-order chi connectivity index (χ1) is 6.31. The van der Waals surface area contributed by atoms with Crippen LogP contribution < -0.4 is 4.74 Å². The highest BCUT2D eigenvalue weighted by molar-refractivity contribution is 6.05. The molecule has 68 valence electrons. The van der Waals surface area contributed by atoms with Crippen LogP contribution in [0.25, 0.3) is 0 Å². The van der Waals surface area contributed by atoms with E-state index in [1.165, 1.54) is 19.2 Å². The zero-order chi connectivity index (χ0) is 9.26. The number of hydrogen-bond acceptors (Lipinski definition) is 3. The first-order valence-electron chi connectivity index (χ1n) is 3.84. The van der Waals surface area contributed by atoms with Crippen molar-refractivity contribution in [2.45, 2.75) is 0 Å². The third-order valence-electron chi connectivity index (χ3n) is 1.82. The second-order valence-electron chi connectivity index (χ2n) is 2.65. The highest BCUT2D eigenvalue weighted by Crippen LogP contribution is 2.25. The summed E-state index contributed by atoms with van der Waals surface area (Å²) in [6.45, 7) is 0.340. The molecule has 2 rings (SSSR count). The highest BCUT2D eigenvalue weighted by Gasteiger charge is 2.20. The van der Waals surface area contributed by atoms with Crippen molar-refractivity contribution >= 4 is 5.71 Å². The van der Waals surface area contributed by atoms with E-state index in [1.54, 1.807) is 6.07 Å². The van der Waals surface area contributed by atoms with Crippen molar-refractivity contribution in [2.75, 3.05) is 13.7 Å². The van der Waals surface area contributed by atoms with Crippen LogP contribution in [0.4, 0.5) is 4.39 Å². The van der Waals surface area contributed by atoms with Gasteiger partial charge < -0.3 is 9.57 Å². The summed E-state index contributed by atoms with van der Waals surface area (Å²) in [6.07, 6.45) is 0. The van der Waals surface area contributed by atoms with E-state index in [-0.39, 0.29) is 5.82 Å². The number of ether oxygens (including phenoxy) is 1. The Hall–Kier alpha value is -1.58. The molecule has 0 N–H and O–H groups in total. The van der Waals surface area contributed by atoms with Gasteiger partial charge >= 0.3 is 0 Å². The molecule has 13 heavy (non-hydrogen) atoms. The molecule has 4 heteroatoms. The van der Waals surface area contributed by atoms with Gasteiger partial charge in [0.1, 0.15) is 31.0 Å². The number of rotatable bonds is 1. The molecule has 3 nitrogen and oxygen atoms in total. The van der Waals surface area contributed by atoms with E-state index in [0.717, 1.165) is 0 Å². The minimum absolute atomic E-state index is 0.298. The predicted octanol–water partition coefficient (Wildman–Crippen LogP) is 1.57. The molecule has 0 saturated heterocycles. The van der Waals surface area contributed by atoms with Crippen LogP contribution >= 0.6 is 0 Å². The van der Waals surface area contributed by atoms with Gasteiger partial charge in [-0.1, -0.05) is 5.16 Å². The third-order valence-corrected chi connectivity index (χ3v) is 1.82.